The van der Waals surface area contributed by atoms with Crippen molar-refractivity contribution >= 4 is 10.8 Å². The van der Waals surface area contributed by atoms with Crippen LogP contribution in [0, 0.1) is 0 Å². The van der Waals surface area contributed by atoms with Gasteiger partial charge in [0.1, 0.15) is 12.4 Å². The molecule has 0 heterocycles. The highest BCUT2D eigenvalue weighted by atomic mass is 16.5. The maximum atomic E-state index is 9.08. The maximum absolute atomic E-state index is 9.08. The standard InChI is InChI=1S/C21H30O2/c1-2-3-4-5-6-7-8-12-19-15-14-18-11-9-10-13-20(18)21(19)23-17-16-22/h9-11,13-15,22H,2-8,12,16-17H2,1H3. The van der Waals surface area contributed by atoms with E-state index < -0.39 is 0 Å². The van der Waals surface area contributed by atoms with Crippen LogP contribution in [-0.4, -0.2) is 18.3 Å². The first-order valence-electron chi connectivity index (χ1n) is 9.11. The summed E-state index contributed by atoms with van der Waals surface area (Å²) in [6.45, 7) is 2.67. The summed E-state index contributed by atoms with van der Waals surface area (Å²) in [6.07, 6.45) is 10.3. The Balaban J connectivity index is 1.96. The average Bonchev–Trinajstić information content (AvgIpc) is 2.59. The molecule has 0 atom stereocenters. The minimum Gasteiger partial charge on any atom is -0.490 e. The van der Waals surface area contributed by atoms with Crippen LogP contribution in [0.1, 0.15) is 57.4 Å². The fraction of sp³-hybridized carbons (Fsp3) is 0.524. The van der Waals surface area contributed by atoms with Crippen LogP contribution in [-0.2, 0) is 6.42 Å². The minimum absolute atomic E-state index is 0.0556. The van der Waals surface area contributed by atoms with Gasteiger partial charge in [-0.1, -0.05) is 81.8 Å². The number of ether oxygens (including phenoxy) is 1. The van der Waals surface area contributed by atoms with Crippen molar-refractivity contribution in [3.05, 3.63) is 42.0 Å². The van der Waals surface area contributed by atoms with Crippen molar-refractivity contribution in [2.45, 2.75) is 58.3 Å². The van der Waals surface area contributed by atoms with Crippen LogP contribution in [0.15, 0.2) is 36.4 Å². The van der Waals surface area contributed by atoms with Gasteiger partial charge in [0.2, 0.25) is 0 Å². The van der Waals surface area contributed by atoms with E-state index in [2.05, 4.69) is 31.2 Å². The summed E-state index contributed by atoms with van der Waals surface area (Å²) >= 11 is 0. The third-order valence-corrected chi connectivity index (χ3v) is 4.35. The zero-order chi connectivity index (χ0) is 16.3. The van der Waals surface area contributed by atoms with Gasteiger partial charge < -0.3 is 9.84 Å². The van der Waals surface area contributed by atoms with Gasteiger partial charge in [0.25, 0.3) is 0 Å². The molecule has 2 nitrogen and oxygen atoms in total. The molecule has 1 N–H and O–H groups in total. The predicted octanol–water partition coefficient (Wildman–Crippen LogP) is 5.50. The second-order valence-electron chi connectivity index (χ2n) is 6.22. The van der Waals surface area contributed by atoms with E-state index in [-0.39, 0.29) is 6.61 Å². The molecule has 2 aromatic carbocycles. The molecule has 23 heavy (non-hydrogen) atoms. The largest absolute Gasteiger partial charge is 0.490 e. The van der Waals surface area contributed by atoms with Crippen LogP contribution in [0.4, 0.5) is 0 Å². The van der Waals surface area contributed by atoms with Gasteiger partial charge in [0, 0.05) is 5.39 Å². The predicted molar refractivity (Wildman–Crippen MR) is 98.2 cm³/mol. The molecule has 126 valence electrons. The lowest BCUT2D eigenvalue weighted by Crippen LogP contribution is -2.04. The molecule has 0 aliphatic heterocycles. The highest BCUT2D eigenvalue weighted by molar-refractivity contribution is 5.89. The van der Waals surface area contributed by atoms with E-state index in [0.717, 1.165) is 17.6 Å². The molecule has 0 saturated carbocycles. The molecule has 0 aromatic heterocycles. The summed E-state index contributed by atoms with van der Waals surface area (Å²) in [6, 6.07) is 12.7. The second-order valence-corrected chi connectivity index (χ2v) is 6.22. The summed E-state index contributed by atoms with van der Waals surface area (Å²) in [5.74, 6) is 0.961. The third-order valence-electron chi connectivity index (χ3n) is 4.35. The number of aliphatic hydroxyl groups is 1. The zero-order valence-corrected chi connectivity index (χ0v) is 14.4. The number of aryl methyl sites for hydroxylation is 1. The lowest BCUT2D eigenvalue weighted by Gasteiger charge is -2.14. The second kappa shape index (κ2) is 10.3. The average molecular weight is 314 g/mol. The van der Waals surface area contributed by atoms with Crippen molar-refractivity contribution < 1.29 is 9.84 Å². The molecule has 0 unspecified atom stereocenters. The van der Waals surface area contributed by atoms with E-state index >= 15 is 0 Å². The molecule has 0 amide bonds. The van der Waals surface area contributed by atoms with Gasteiger partial charge in [-0.05, 0) is 23.8 Å². The first-order chi connectivity index (χ1) is 11.4. The van der Waals surface area contributed by atoms with Gasteiger partial charge in [0.05, 0.1) is 6.61 Å². The summed E-state index contributed by atoms with van der Waals surface area (Å²) in [5.41, 5.74) is 1.27. The molecule has 0 aliphatic carbocycles. The molecule has 0 fully saturated rings. The molecule has 0 radical (unpaired) electrons. The van der Waals surface area contributed by atoms with E-state index in [1.165, 1.54) is 55.9 Å². The highest BCUT2D eigenvalue weighted by Gasteiger charge is 2.08. The first kappa shape index (κ1) is 17.8. The summed E-state index contributed by atoms with van der Waals surface area (Å²) in [7, 11) is 0. The summed E-state index contributed by atoms with van der Waals surface area (Å²) in [5, 5.41) is 11.4. The fourth-order valence-corrected chi connectivity index (χ4v) is 3.08. The number of unbranched alkanes of at least 4 members (excludes halogenated alkanes) is 6. The molecular formula is C21H30O2. The van der Waals surface area contributed by atoms with Crippen molar-refractivity contribution in [2.75, 3.05) is 13.2 Å². The van der Waals surface area contributed by atoms with E-state index in [1.807, 2.05) is 12.1 Å². The minimum atomic E-state index is 0.0556. The van der Waals surface area contributed by atoms with Crippen molar-refractivity contribution in [3.8, 4) is 5.75 Å². The van der Waals surface area contributed by atoms with E-state index in [0.29, 0.717) is 6.61 Å². The quantitative estimate of drug-likeness (QED) is 0.555. The van der Waals surface area contributed by atoms with Crippen LogP contribution in [0.25, 0.3) is 10.8 Å². The Kier molecular flexibility index (Phi) is 7.96. The van der Waals surface area contributed by atoms with Gasteiger partial charge in [-0.2, -0.15) is 0 Å². The molecular weight excluding hydrogens is 284 g/mol. The zero-order valence-electron chi connectivity index (χ0n) is 14.4. The Labute approximate surface area is 140 Å². The molecule has 0 saturated heterocycles. The Morgan fingerprint density at radius 1 is 0.870 bits per heavy atom. The smallest absolute Gasteiger partial charge is 0.130 e. The van der Waals surface area contributed by atoms with Crippen LogP contribution in [0.5, 0.6) is 5.75 Å². The van der Waals surface area contributed by atoms with E-state index in [9.17, 15) is 0 Å². The Hall–Kier alpha value is -1.54. The topological polar surface area (TPSA) is 29.5 Å². The molecule has 0 bridgehead atoms. The first-order valence-corrected chi connectivity index (χ1v) is 9.11. The number of hydrogen-bond acceptors (Lipinski definition) is 2. The fourth-order valence-electron chi connectivity index (χ4n) is 3.08. The Morgan fingerprint density at radius 2 is 1.61 bits per heavy atom. The lowest BCUT2D eigenvalue weighted by molar-refractivity contribution is 0.201. The normalized spacial score (nSPS) is 11.0. The van der Waals surface area contributed by atoms with Gasteiger partial charge >= 0.3 is 0 Å². The Morgan fingerprint density at radius 3 is 2.39 bits per heavy atom. The number of rotatable bonds is 11. The summed E-state index contributed by atoms with van der Waals surface area (Å²) in [4.78, 5) is 0. The lowest BCUT2D eigenvalue weighted by atomic mass is 10.00. The number of hydrogen-bond donors (Lipinski definition) is 1. The Bertz CT molecular complexity index is 577. The maximum Gasteiger partial charge on any atom is 0.130 e. The SMILES string of the molecule is CCCCCCCCCc1ccc2ccccc2c1OCCO. The molecule has 0 spiro atoms. The van der Waals surface area contributed by atoms with Gasteiger partial charge in [-0.15, -0.1) is 0 Å². The van der Waals surface area contributed by atoms with E-state index in [4.69, 9.17) is 9.84 Å². The van der Waals surface area contributed by atoms with Gasteiger partial charge in [0.15, 0.2) is 0 Å². The van der Waals surface area contributed by atoms with Crippen LogP contribution in [0.2, 0.25) is 0 Å². The highest BCUT2D eigenvalue weighted by Crippen LogP contribution is 2.31. The van der Waals surface area contributed by atoms with Crippen molar-refractivity contribution in [3.63, 3.8) is 0 Å². The van der Waals surface area contributed by atoms with Crippen LogP contribution >= 0.6 is 0 Å². The third kappa shape index (κ3) is 5.54. The molecule has 2 rings (SSSR count). The van der Waals surface area contributed by atoms with Crippen molar-refractivity contribution in [2.24, 2.45) is 0 Å². The number of fused-ring (bicyclic) bond motifs is 1. The molecule has 2 heteroatoms. The van der Waals surface area contributed by atoms with Crippen LogP contribution < -0.4 is 4.74 Å². The van der Waals surface area contributed by atoms with Crippen molar-refractivity contribution in [1.29, 1.82) is 0 Å². The van der Waals surface area contributed by atoms with Gasteiger partial charge in [-0.25, -0.2) is 0 Å². The monoisotopic (exact) mass is 314 g/mol. The molecule has 0 aliphatic rings. The van der Waals surface area contributed by atoms with Gasteiger partial charge in [-0.3, -0.25) is 0 Å². The van der Waals surface area contributed by atoms with Crippen LogP contribution in [0.3, 0.4) is 0 Å². The number of aliphatic hydroxyl groups excluding tert-OH is 1. The summed E-state index contributed by atoms with van der Waals surface area (Å²) < 4.78 is 5.86. The molecule has 2 aromatic rings. The van der Waals surface area contributed by atoms with E-state index in [1.54, 1.807) is 0 Å². The van der Waals surface area contributed by atoms with Crippen molar-refractivity contribution in [1.82, 2.24) is 0 Å². The number of benzene rings is 2.